The van der Waals surface area contributed by atoms with Gasteiger partial charge in [0.15, 0.2) is 0 Å². The molecule has 0 bridgehead atoms. The largest absolute Gasteiger partial charge is 0.484 e. The van der Waals surface area contributed by atoms with E-state index in [2.05, 4.69) is 0 Å². The molecule has 5 heteroatoms. The van der Waals surface area contributed by atoms with Crippen molar-refractivity contribution in [1.82, 2.24) is 0 Å². The lowest BCUT2D eigenvalue weighted by atomic mass is 9.86. The highest BCUT2D eigenvalue weighted by Gasteiger charge is 2.43. The van der Waals surface area contributed by atoms with Crippen LogP contribution in [0.3, 0.4) is 0 Å². The first kappa shape index (κ1) is 15.4. The summed E-state index contributed by atoms with van der Waals surface area (Å²) < 4.78 is 22.2. The first-order chi connectivity index (χ1) is 9.33. The highest BCUT2D eigenvalue weighted by molar-refractivity contribution is 6.36. The topological polar surface area (TPSA) is 40.2 Å². The number of ether oxygens (including phenoxy) is 1. The lowest BCUT2D eigenvalue weighted by Crippen LogP contribution is -2.27. The summed E-state index contributed by atoms with van der Waals surface area (Å²) in [5.74, 6) is 0.885. The summed E-state index contributed by atoms with van der Waals surface area (Å²) in [5, 5.41) is 0. The summed E-state index contributed by atoms with van der Waals surface area (Å²) in [6.07, 6.45) is 8.88. The summed E-state index contributed by atoms with van der Waals surface area (Å²) in [6, 6.07) is 0. The highest BCUT2D eigenvalue weighted by Crippen LogP contribution is 2.40. The van der Waals surface area contributed by atoms with E-state index in [9.17, 15) is 0 Å². The van der Waals surface area contributed by atoms with E-state index in [-0.39, 0.29) is 0 Å². The maximum atomic E-state index is 5.71. The molecular formula is C14H28O4Si. The Morgan fingerprint density at radius 1 is 1.00 bits per heavy atom. The number of unbranched alkanes of at least 4 members (excludes halogenated alkanes) is 1. The zero-order valence-corrected chi connectivity index (χ0v) is 13.5. The second-order valence-electron chi connectivity index (χ2n) is 5.46. The van der Waals surface area contributed by atoms with E-state index in [1.807, 2.05) is 13.8 Å². The van der Waals surface area contributed by atoms with Crippen molar-refractivity contribution in [2.45, 2.75) is 64.6 Å². The number of rotatable bonds is 10. The number of epoxide rings is 1. The van der Waals surface area contributed by atoms with Crippen molar-refractivity contribution in [3.05, 3.63) is 0 Å². The molecule has 0 aromatic heterocycles. The van der Waals surface area contributed by atoms with Gasteiger partial charge in [0.2, 0.25) is 0 Å². The molecule has 112 valence electrons. The summed E-state index contributed by atoms with van der Waals surface area (Å²) in [7, 11) is -1.83. The van der Waals surface area contributed by atoms with Crippen LogP contribution in [0.25, 0.3) is 0 Å². The molecule has 0 aromatic rings. The Morgan fingerprint density at radius 2 is 1.79 bits per heavy atom. The Labute approximate surface area is 118 Å². The second kappa shape index (κ2) is 8.37. The molecule has 1 heterocycles. The van der Waals surface area contributed by atoms with Crippen LogP contribution in [-0.2, 0) is 18.0 Å². The molecule has 1 saturated carbocycles. The summed E-state index contributed by atoms with van der Waals surface area (Å²) in [5.41, 5.74) is 0. The van der Waals surface area contributed by atoms with Crippen molar-refractivity contribution in [3.8, 4) is 0 Å². The van der Waals surface area contributed by atoms with E-state index >= 15 is 0 Å². The first-order valence-corrected chi connectivity index (χ1v) is 9.25. The standard InChI is InChI=1S/C14H28O4Si/c1-3-15-19(16-4-2)17-10-6-5-7-12-8-9-13-14(11-12)18-13/h12-14,19H,3-11H2,1-2H3. The van der Waals surface area contributed by atoms with Crippen LogP contribution >= 0.6 is 0 Å². The fraction of sp³-hybridized carbons (Fsp3) is 1.00. The van der Waals surface area contributed by atoms with Crippen LogP contribution in [0.15, 0.2) is 0 Å². The molecule has 1 aliphatic carbocycles. The maximum Gasteiger partial charge on any atom is 0.484 e. The normalized spacial score (nSPS) is 29.5. The SMILES string of the molecule is CCO[SiH](OCC)OCCCCC1CCC2OC2C1. The molecule has 3 atom stereocenters. The monoisotopic (exact) mass is 288 g/mol. The van der Waals surface area contributed by atoms with Gasteiger partial charge in [0.1, 0.15) is 0 Å². The van der Waals surface area contributed by atoms with Crippen molar-refractivity contribution in [3.63, 3.8) is 0 Å². The van der Waals surface area contributed by atoms with Gasteiger partial charge in [-0.05, 0) is 45.4 Å². The van der Waals surface area contributed by atoms with Crippen LogP contribution in [0.1, 0.15) is 52.4 Å². The molecule has 19 heavy (non-hydrogen) atoms. The van der Waals surface area contributed by atoms with Crippen molar-refractivity contribution in [1.29, 1.82) is 0 Å². The van der Waals surface area contributed by atoms with Crippen molar-refractivity contribution in [2.75, 3.05) is 19.8 Å². The van der Waals surface area contributed by atoms with E-state index in [0.29, 0.717) is 25.4 Å². The average Bonchev–Trinajstić information content (AvgIpc) is 3.17. The molecule has 1 saturated heterocycles. The lowest BCUT2D eigenvalue weighted by molar-refractivity contribution is 0.0999. The van der Waals surface area contributed by atoms with E-state index in [4.69, 9.17) is 18.0 Å². The minimum Gasteiger partial charge on any atom is -0.376 e. The Kier molecular flexibility index (Phi) is 6.80. The van der Waals surface area contributed by atoms with Crippen LogP contribution < -0.4 is 0 Å². The van der Waals surface area contributed by atoms with Gasteiger partial charge in [-0.3, -0.25) is 0 Å². The quantitative estimate of drug-likeness (QED) is 0.352. The van der Waals surface area contributed by atoms with Gasteiger partial charge < -0.3 is 18.0 Å². The molecule has 4 nitrogen and oxygen atoms in total. The molecule has 2 fully saturated rings. The third-order valence-corrected chi connectivity index (χ3v) is 5.70. The molecule has 0 amide bonds. The predicted molar refractivity (Wildman–Crippen MR) is 76.2 cm³/mol. The Hall–Kier alpha value is 0.0569. The van der Waals surface area contributed by atoms with E-state index in [0.717, 1.165) is 18.9 Å². The van der Waals surface area contributed by atoms with Gasteiger partial charge in [0.25, 0.3) is 0 Å². The summed E-state index contributed by atoms with van der Waals surface area (Å²) in [6.45, 7) is 6.12. The van der Waals surface area contributed by atoms with Crippen molar-refractivity contribution >= 4 is 9.53 Å². The van der Waals surface area contributed by atoms with Crippen LogP contribution in [0, 0.1) is 5.92 Å². The van der Waals surface area contributed by atoms with Gasteiger partial charge in [-0.2, -0.15) is 0 Å². The minimum absolute atomic E-state index is 0.614. The van der Waals surface area contributed by atoms with Crippen molar-refractivity contribution < 1.29 is 18.0 Å². The van der Waals surface area contributed by atoms with Crippen LogP contribution in [-0.4, -0.2) is 41.6 Å². The second-order valence-corrected chi connectivity index (χ2v) is 7.04. The zero-order chi connectivity index (χ0) is 13.5. The summed E-state index contributed by atoms with van der Waals surface area (Å²) in [4.78, 5) is 0. The molecule has 3 unspecified atom stereocenters. The maximum absolute atomic E-state index is 5.71. The highest BCUT2D eigenvalue weighted by atomic mass is 28.3. The fourth-order valence-corrected chi connectivity index (χ4v) is 4.07. The molecule has 0 N–H and O–H groups in total. The van der Waals surface area contributed by atoms with Gasteiger partial charge in [-0.1, -0.05) is 12.8 Å². The number of hydrogen-bond donors (Lipinski definition) is 0. The molecule has 0 spiro atoms. The van der Waals surface area contributed by atoms with Gasteiger partial charge in [-0.15, -0.1) is 0 Å². The molecule has 0 radical (unpaired) electrons. The molecule has 1 aliphatic heterocycles. The Bertz CT molecular complexity index is 242. The first-order valence-electron chi connectivity index (χ1n) is 7.83. The lowest BCUT2D eigenvalue weighted by Gasteiger charge is -2.19. The van der Waals surface area contributed by atoms with Crippen LogP contribution in [0.4, 0.5) is 0 Å². The van der Waals surface area contributed by atoms with E-state index in [1.54, 1.807) is 0 Å². The number of hydrogen-bond acceptors (Lipinski definition) is 4. The van der Waals surface area contributed by atoms with Gasteiger partial charge >= 0.3 is 9.53 Å². The fourth-order valence-electron chi connectivity index (χ4n) is 2.88. The van der Waals surface area contributed by atoms with Gasteiger partial charge in [0.05, 0.1) is 12.2 Å². The molecule has 2 aliphatic rings. The molecule has 0 aromatic carbocycles. The Morgan fingerprint density at radius 3 is 2.47 bits per heavy atom. The third-order valence-electron chi connectivity index (χ3n) is 3.98. The zero-order valence-electron chi connectivity index (χ0n) is 12.3. The summed E-state index contributed by atoms with van der Waals surface area (Å²) >= 11 is 0. The van der Waals surface area contributed by atoms with E-state index < -0.39 is 9.53 Å². The average molecular weight is 288 g/mol. The predicted octanol–water partition coefficient (Wildman–Crippen LogP) is 2.53. The van der Waals surface area contributed by atoms with Crippen LogP contribution in [0.5, 0.6) is 0 Å². The van der Waals surface area contributed by atoms with Crippen molar-refractivity contribution in [2.24, 2.45) is 5.92 Å². The Balaban J connectivity index is 1.46. The van der Waals surface area contributed by atoms with Gasteiger partial charge in [-0.25, -0.2) is 0 Å². The minimum atomic E-state index is -1.83. The molecule has 2 rings (SSSR count). The molecular weight excluding hydrogens is 260 g/mol. The smallest absolute Gasteiger partial charge is 0.376 e. The van der Waals surface area contributed by atoms with Gasteiger partial charge in [0, 0.05) is 19.8 Å². The number of fused-ring (bicyclic) bond motifs is 1. The van der Waals surface area contributed by atoms with Crippen LogP contribution in [0.2, 0.25) is 0 Å². The van der Waals surface area contributed by atoms with E-state index in [1.165, 1.54) is 32.1 Å². The third kappa shape index (κ3) is 5.51.